The number of halogens is 9. The molecule has 0 atom stereocenters. The smallest absolute Gasteiger partial charge is 0.405 e. The maximum Gasteiger partial charge on any atom is 0.573 e. The van der Waals surface area contributed by atoms with Crippen molar-refractivity contribution in [3.05, 3.63) is 105 Å². The fourth-order valence-corrected chi connectivity index (χ4v) is 4.91. The number of hydrogen-bond acceptors (Lipinski definition) is 8. The molecule has 0 fully saturated rings. The fourth-order valence-electron chi connectivity index (χ4n) is 4.71. The largest absolute Gasteiger partial charge is 0.573 e. The van der Waals surface area contributed by atoms with E-state index >= 15 is 0 Å². The summed E-state index contributed by atoms with van der Waals surface area (Å²) in [5.41, 5.74) is 0.540. The third-order valence-corrected chi connectivity index (χ3v) is 7.22. The molecule has 0 radical (unpaired) electrons. The average Bonchev–Trinajstić information content (AvgIpc) is 3.68. The van der Waals surface area contributed by atoms with E-state index in [1.807, 2.05) is 0 Å². The Morgan fingerprint density at radius 1 is 0.922 bits per heavy atom. The maximum atomic E-state index is 13.8. The number of pyridine rings is 1. The fraction of sp³-hybridized carbons (Fsp3) is 0.233. The minimum Gasteiger partial charge on any atom is -0.405 e. The van der Waals surface area contributed by atoms with E-state index in [1.54, 1.807) is 19.9 Å². The Labute approximate surface area is 286 Å². The van der Waals surface area contributed by atoms with Gasteiger partial charge in [-0.3, -0.25) is 9.59 Å². The minimum atomic E-state index is -5.99. The van der Waals surface area contributed by atoms with Crippen LogP contribution in [0, 0.1) is 13.8 Å². The molecule has 51 heavy (non-hydrogen) atoms. The highest BCUT2D eigenvalue weighted by Gasteiger charge is 2.62. The number of anilines is 1. The Bertz CT molecular complexity index is 2100. The number of hydrogen-bond donors (Lipinski definition) is 2. The minimum absolute atomic E-state index is 0.00121. The normalized spacial score (nSPS) is 12.1. The molecule has 3 heterocycles. The van der Waals surface area contributed by atoms with Crippen molar-refractivity contribution in [2.24, 2.45) is 0 Å². The number of benzene rings is 2. The first kappa shape index (κ1) is 36.6. The highest BCUT2D eigenvalue weighted by molar-refractivity contribution is 6.32. The van der Waals surface area contributed by atoms with Crippen molar-refractivity contribution < 1.29 is 49.4 Å². The number of carbonyl (C=O) groups is 2. The van der Waals surface area contributed by atoms with E-state index in [9.17, 15) is 44.7 Å². The number of tetrazole rings is 1. The monoisotopic (exact) mass is 743 g/mol. The van der Waals surface area contributed by atoms with Crippen LogP contribution in [0.5, 0.6) is 5.75 Å². The number of ether oxygens (including phenoxy) is 1. The molecule has 5 aromatic rings. The summed E-state index contributed by atoms with van der Waals surface area (Å²) >= 11 is 6.29. The highest BCUT2D eigenvalue weighted by atomic mass is 35.5. The molecule has 0 saturated heterocycles. The lowest BCUT2D eigenvalue weighted by atomic mass is 10.0. The highest BCUT2D eigenvalue weighted by Crippen LogP contribution is 2.42. The molecule has 0 unspecified atom stereocenters. The zero-order valence-electron chi connectivity index (χ0n) is 25.9. The van der Waals surface area contributed by atoms with Crippen LogP contribution in [0.25, 0.3) is 5.82 Å². The topological polar surface area (TPSA) is 142 Å². The number of alkyl halides is 8. The molecule has 0 saturated carbocycles. The predicted octanol–water partition coefficient (Wildman–Crippen LogP) is 6.31. The number of aryl methyl sites for hydroxylation is 2. The Hall–Kier alpha value is -5.66. The van der Waals surface area contributed by atoms with Crippen LogP contribution in [-0.4, -0.2) is 59.3 Å². The van der Waals surface area contributed by atoms with Crippen LogP contribution >= 0.6 is 11.6 Å². The van der Waals surface area contributed by atoms with Gasteiger partial charge in [0.05, 0.1) is 22.0 Å². The van der Waals surface area contributed by atoms with Crippen molar-refractivity contribution in [1.82, 2.24) is 40.3 Å². The van der Waals surface area contributed by atoms with Crippen molar-refractivity contribution in [2.75, 3.05) is 5.32 Å². The second-order valence-electron chi connectivity index (χ2n) is 10.8. The van der Waals surface area contributed by atoms with Crippen LogP contribution in [0.2, 0.25) is 5.02 Å². The van der Waals surface area contributed by atoms with Crippen molar-refractivity contribution >= 4 is 29.1 Å². The molecule has 12 nitrogen and oxygen atoms in total. The van der Waals surface area contributed by atoms with Crippen LogP contribution in [0.1, 0.15) is 49.1 Å². The van der Waals surface area contributed by atoms with E-state index < -0.39 is 48.4 Å². The molecule has 0 aliphatic heterocycles. The summed E-state index contributed by atoms with van der Waals surface area (Å²) < 4.78 is 110. The molecule has 21 heteroatoms. The average molecular weight is 744 g/mol. The van der Waals surface area contributed by atoms with Crippen LogP contribution in [0.15, 0.2) is 60.8 Å². The number of aromatic nitrogens is 7. The summed E-state index contributed by atoms with van der Waals surface area (Å²) in [6.45, 7) is 2.23. The number of nitrogens with one attached hydrogen (secondary N) is 2. The van der Waals surface area contributed by atoms with E-state index in [1.165, 1.54) is 42.6 Å². The van der Waals surface area contributed by atoms with Crippen molar-refractivity contribution in [3.8, 4) is 11.6 Å². The summed E-state index contributed by atoms with van der Waals surface area (Å²) in [6.07, 6.45) is -9.65. The Morgan fingerprint density at radius 2 is 1.65 bits per heavy atom. The number of para-hydroxylation sites is 1. The molecular weight excluding hydrogens is 722 g/mol. The second kappa shape index (κ2) is 13.9. The van der Waals surface area contributed by atoms with Crippen molar-refractivity contribution in [2.45, 2.75) is 45.4 Å². The van der Waals surface area contributed by atoms with Gasteiger partial charge in [-0.15, -0.1) is 23.4 Å². The van der Waals surface area contributed by atoms with E-state index in [0.29, 0.717) is 15.9 Å². The SMILES string of the molecule is Cc1cc(C)c(NC(=O)c2cc(Cn3nnc(C(F)(F)C(F)(F)F)n3)nn2-c2ncccc2Cl)c(C(=O)NCc2ccccc2OC(F)(F)F)c1. The Kier molecular flexibility index (Phi) is 10.00. The summed E-state index contributed by atoms with van der Waals surface area (Å²) in [7, 11) is 0. The van der Waals surface area contributed by atoms with Crippen LogP contribution in [-0.2, 0) is 19.0 Å². The summed E-state index contributed by atoms with van der Waals surface area (Å²) in [5.74, 6) is -9.58. The Morgan fingerprint density at radius 3 is 2.33 bits per heavy atom. The van der Waals surface area contributed by atoms with Gasteiger partial charge in [-0.05, 0) is 60.5 Å². The molecule has 0 bridgehead atoms. The van der Waals surface area contributed by atoms with Gasteiger partial charge in [-0.1, -0.05) is 35.9 Å². The van der Waals surface area contributed by atoms with Gasteiger partial charge in [-0.2, -0.15) is 31.8 Å². The van der Waals surface area contributed by atoms with Gasteiger partial charge < -0.3 is 15.4 Å². The molecule has 0 aliphatic carbocycles. The van der Waals surface area contributed by atoms with E-state index in [4.69, 9.17) is 11.6 Å². The van der Waals surface area contributed by atoms with Crippen LogP contribution in [0.3, 0.4) is 0 Å². The van der Waals surface area contributed by atoms with Gasteiger partial charge in [0.25, 0.3) is 17.6 Å². The molecule has 0 spiro atoms. The Balaban J connectivity index is 1.45. The number of amides is 2. The van der Waals surface area contributed by atoms with Gasteiger partial charge in [0.15, 0.2) is 5.82 Å². The molecule has 2 N–H and O–H groups in total. The molecule has 2 amide bonds. The van der Waals surface area contributed by atoms with Gasteiger partial charge in [0, 0.05) is 18.3 Å². The van der Waals surface area contributed by atoms with Gasteiger partial charge >= 0.3 is 18.5 Å². The van der Waals surface area contributed by atoms with E-state index in [-0.39, 0.29) is 45.6 Å². The van der Waals surface area contributed by atoms with Gasteiger partial charge in [-0.25, -0.2) is 9.67 Å². The quantitative estimate of drug-likeness (QED) is 0.159. The summed E-state index contributed by atoms with van der Waals surface area (Å²) in [4.78, 5) is 31.8. The standard InChI is InChI=1S/C30H22ClF8N9O3/c1-15-10-16(2)23(19(11-15)25(49)41-13-17-6-3-4-8-22(17)51-30(37,38)39)42-26(50)21-12-18(44-48(21)24-20(31)7-5-9-40-24)14-47-45-27(43-46-47)28(32,33)29(34,35)36/h3-12H,13-14H2,1-2H3,(H,41,49)(H,42,50). The third-order valence-electron chi connectivity index (χ3n) is 6.93. The maximum absolute atomic E-state index is 13.8. The van der Waals surface area contributed by atoms with Crippen molar-refractivity contribution in [1.29, 1.82) is 0 Å². The number of rotatable bonds is 10. The summed E-state index contributed by atoms with van der Waals surface area (Å²) in [6, 6.07) is 12.3. The number of carbonyl (C=O) groups excluding carboxylic acids is 2. The predicted molar refractivity (Wildman–Crippen MR) is 161 cm³/mol. The van der Waals surface area contributed by atoms with E-state index in [2.05, 4.69) is 40.9 Å². The first-order chi connectivity index (χ1) is 23.8. The molecule has 5 rings (SSSR count). The number of nitrogens with zero attached hydrogens (tertiary/aromatic N) is 7. The lowest BCUT2D eigenvalue weighted by Gasteiger charge is -2.17. The molecular formula is C30H22ClF8N9O3. The zero-order chi connectivity index (χ0) is 37.3. The zero-order valence-corrected chi connectivity index (χ0v) is 26.7. The second-order valence-corrected chi connectivity index (χ2v) is 11.2. The summed E-state index contributed by atoms with van der Waals surface area (Å²) in [5, 5.41) is 18.5. The lowest BCUT2D eigenvalue weighted by molar-refractivity contribution is -0.292. The van der Waals surface area contributed by atoms with Gasteiger partial charge in [0.2, 0.25) is 0 Å². The first-order valence-corrected chi connectivity index (χ1v) is 14.7. The van der Waals surface area contributed by atoms with Gasteiger partial charge in [0.1, 0.15) is 18.0 Å². The van der Waals surface area contributed by atoms with E-state index in [0.717, 1.165) is 16.8 Å². The van der Waals surface area contributed by atoms with Crippen LogP contribution < -0.4 is 15.4 Å². The molecule has 268 valence electrons. The third kappa shape index (κ3) is 8.22. The molecule has 0 aliphatic rings. The first-order valence-electron chi connectivity index (χ1n) is 14.3. The molecule has 2 aromatic carbocycles. The lowest BCUT2D eigenvalue weighted by Crippen LogP contribution is -2.35. The molecule has 3 aromatic heterocycles. The van der Waals surface area contributed by atoms with Crippen LogP contribution in [0.4, 0.5) is 40.8 Å². The van der Waals surface area contributed by atoms with Crippen molar-refractivity contribution in [3.63, 3.8) is 0 Å².